The zero-order valence-corrected chi connectivity index (χ0v) is 10.8. The second-order valence-electron chi connectivity index (χ2n) is 4.34. The summed E-state index contributed by atoms with van der Waals surface area (Å²) in [4.78, 5) is 4.32. The summed E-state index contributed by atoms with van der Waals surface area (Å²) in [6.07, 6.45) is 3.04. The number of benzene rings is 1. The van der Waals surface area contributed by atoms with Gasteiger partial charge in [-0.1, -0.05) is 17.7 Å². The van der Waals surface area contributed by atoms with E-state index in [1.807, 2.05) is 24.3 Å². The summed E-state index contributed by atoms with van der Waals surface area (Å²) >= 11 is 6.14. The summed E-state index contributed by atoms with van der Waals surface area (Å²) in [5.74, 6) is 0.742. The number of aliphatic hydroxyl groups is 1. The first-order valence-electron chi connectivity index (χ1n) is 5.99. The lowest BCUT2D eigenvalue weighted by atomic mass is 10.0. The maximum Gasteiger partial charge on any atom is 0.106 e. The van der Waals surface area contributed by atoms with Gasteiger partial charge in [-0.2, -0.15) is 0 Å². The van der Waals surface area contributed by atoms with Crippen molar-refractivity contribution in [3.05, 3.63) is 65.2 Å². The highest BCUT2D eigenvalue weighted by Crippen LogP contribution is 2.29. The third-order valence-corrected chi connectivity index (χ3v) is 3.41. The van der Waals surface area contributed by atoms with Gasteiger partial charge in [0.05, 0.1) is 17.9 Å². The quantitative estimate of drug-likeness (QED) is 0.790. The van der Waals surface area contributed by atoms with Crippen molar-refractivity contribution in [3.63, 3.8) is 0 Å². The molecule has 0 saturated heterocycles. The molecule has 0 saturated carbocycles. The minimum absolute atomic E-state index is 0.417. The van der Waals surface area contributed by atoms with Crippen LogP contribution in [-0.2, 0) is 6.42 Å². The molecule has 1 unspecified atom stereocenters. The summed E-state index contributed by atoms with van der Waals surface area (Å²) in [6, 6.07) is 11.0. The van der Waals surface area contributed by atoms with Gasteiger partial charge in [0.25, 0.3) is 0 Å². The summed E-state index contributed by atoms with van der Waals surface area (Å²) in [7, 11) is 0. The number of nitrogens with zero attached hydrogens (tertiary/aromatic N) is 1. The lowest BCUT2D eigenvalue weighted by molar-refractivity contribution is 0.172. The van der Waals surface area contributed by atoms with Crippen molar-refractivity contribution in [1.29, 1.82) is 0 Å². The van der Waals surface area contributed by atoms with Crippen molar-refractivity contribution < 1.29 is 9.52 Å². The molecule has 0 fully saturated rings. The Kier molecular flexibility index (Phi) is 3.23. The molecule has 3 nitrogen and oxygen atoms in total. The fourth-order valence-corrected chi connectivity index (χ4v) is 2.37. The van der Waals surface area contributed by atoms with E-state index in [9.17, 15) is 5.11 Å². The highest BCUT2D eigenvalue weighted by atomic mass is 35.5. The molecular weight excluding hydrogens is 262 g/mol. The van der Waals surface area contributed by atoms with Crippen LogP contribution >= 0.6 is 11.6 Å². The molecule has 96 valence electrons. The number of aliphatic hydroxyl groups excluding tert-OH is 1. The van der Waals surface area contributed by atoms with E-state index in [-0.39, 0.29) is 0 Å². The van der Waals surface area contributed by atoms with Gasteiger partial charge >= 0.3 is 0 Å². The van der Waals surface area contributed by atoms with Crippen LogP contribution in [0.4, 0.5) is 0 Å². The second kappa shape index (κ2) is 5.03. The Morgan fingerprint density at radius 3 is 2.89 bits per heavy atom. The minimum atomic E-state index is -0.666. The van der Waals surface area contributed by atoms with Gasteiger partial charge in [-0.05, 0) is 30.3 Å². The maximum absolute atomic E-state index is 10.3. The molecule has 0 aliphatic heterocycles. The first kappa shape index (κ1) is 12.2. The van der Waals surface area contributed by atoms with Crippen LogP contribution in [0.1, 0.15) is 17.4 Å². The van der Waals surface area contributed by atoms with Crippen molar-refractivity contribution >= 4 is 22.5 Å². The summed E-state index contributed by atoms with van der Waals surface area (Å²) < 4.78 is 5.25. The highest BCUT2D eigenvalue weighted by Gasteiger charge is 2.15. The molecule has 3 rings (SSSR count). The van der Waals surface area contributed by atoms with Gasteiger partial charge in [0.15, 0.2) is 0 Å². The molecule has 2 aromatic heterocycles. The molecule has 1 atom stereocenters. The number of aromatic nitrogens is 1. The topological polar surface area (TPSA) is 46.3 Å². The number of halogens is 1. The zero-order valence-electron chi connectivity index (χ0n) is 10.1. The van der Waals surface area contributed by atoms with Crippen molar-refractivity contribution in [3.8, 4) is 0 Å². The number of fused-ring (bicyclic) bond motifs is 1. The molecule has 0 aliphatic rings. The van der Waals surface area contributed by atoms with E-state index < -0.39 is 6.10 Å². The van der Waals surface area contributed by atoms with E-state index in [1.54, 1.807) is 24.6 Å². The Bertz CT molecular complexity index is 694. The minimum Gasteiger partial charge on any atom is -0.469 e. The Hall–Kier alpha value is -1.84. The molecule has 2 heterocycles. The average Bonchev–Trinajstić information content (AvgIpc) is 2.92. The predicted octanol–water partition coefficient (Wildman–Crippen LogP) is 3.76. The van der Waals surface area contributed by atoms with E-state index in [0.717, 1.165) is 22.2 Å². The third kappa shape index (κ3) is 2.35. The van der Waals surface area contributed by atoms with Crippen molar-refractivity contribution in [2.24, 2.45) is 0 Å². The fraction of sp³-hybridized carbons (Fsp3) is 0.133. The van der Waals surface area contributed by atoms with Crippen molar-refractivity contribution in [2.45, 2.75) is 12.5 Å². The first-order valence-corrected chi connectivity index (χ1v) is 6.37. The molecule has 0 radical (unpaired) electrons. The summed E-state index contributed by atoms with van der Waals surface area (Å²) in [5.41, 5.74) is 1.49. The number of pyridine rings is 1. The number of furan rings is 1. The first-order chi connectivity index (χ1) is 9.25. The van der Waals surface area contributed by atoms with Gasteiger partial charge in [-0.15, -0.1) is 0 Å². The van der Waals surface area contributed by atoms with Gasteiger partial charge in [0.2, 0.25) is 0 Å². The molecule has 1 N–H and O–H groups in total. The fourth-order valence-electron chi connectivity index (χ4n) is 2.16. The van der Waals surface area contributed by atoms with Gasteiger partial charge in [0, 0.05) is 28.6 Å². The van der Waals surface area contributed by atoms with Crippen LogP contribution in [-0.4, -0.2) is 10.1 Å². The van der Waals surface area contributed by atoms with Crippen molar-refractivity contribution in [1.82, 2.24) is 4.98 Å². The van der Waals surface area contributed by atoms with E-state index >= 15 is 0 Å². The van der Waals surface area contributed by atoms with Crippen LogP contribution < -0.4 is 0 Å². The standard InChI is InChI=1S/C15H12ClNO2/c16-13-6-5-12(15-11(13)4-1-7-17-15)14(18)9-10-3-2-8-19-10/h1-8,14,18H,9H2. The van der Waals surface area contributed by atoms with Crippen LogP contribution in [0.3, 0.4) is 0 Å². The Balaban J connectivity index is 2.03. The van der Waals surface area contributed by atoms with Crippen LogP contribution in [0.25, 0.3) is 10.9 Å². The van der Waals surface area contributed by atoms with Crippen LogP contribution in [0.5, 0.6) is 0 Å². The monoisotopic (exact) mass is 273 g/mol. The average molecular weight is 274 g/mol. The van der Waals surface area contributed by atoms with E-state index in [1.165, 1.54) is 0 Å². The van der Waals surface area contributed by atoms with Crippen LogP contribution in [0, 0.1) is 0 Å². The second-order valence-corrected chi connectivity index (χ2v) is 4.74. The smallest absolute Gasteiger partial charge is 0.106 e. The third-order valence-electron chi connectivity index (χ3n) is 3.08. The largest absolute Gasteiger partial charge is 0.469 e. The Morgan fingerprint density at radius 1 is 1.21 bits per heavy atom. The molecule has 19 heavy (non-hydrogen) atoms. The molecule has 0 bridgehead atoms. The van der Waals surface area contributed by atoms with Crippen LogP contribution in [0.15, 0.2) is 53.3 Å². The van der Waals surface area contributed by atoms with Crippen molar-refractivity contribution in [2.75, 3.05) is 0 Å². The SMILES string of the molecule is OC(Cc1ccco1)c1ccc(Cl)c2cccnc12. The Morgan fingerprint density at radius 2 is 2.11 bits per heavy atom. The van der Waals surface area contributed by atoms with Gasteiger partial charge in [-0.3, -0.25) is 4.98 Å². The maximum atomic E-state index is 10.3. The molecule has 0 amide bonds. The summed E-state index contributed by atoms with van der Waals surface area (Å²) in [6.45, 7) is 0. The zero-order chi connectivity index (χ0) is 13.2. The molecule has 0 spiro atoms. The lowest BCUT2D eigenvalue weighted by Gasteiger charge is -2.12. The molecule has 0 aliphatic carbocycles. The lowest BCUT2D eigenvalue weighted by Crippen LogP contribution is -2.02. The molecule has 4 heteroatoms. The number of hydrogen-bond donors (Lipinski definition) is 1. The van der Waals surface area contributed by atoms with Gasteiger partial charge < -0.3 is 9.52 Å². The van der Waals surface area contributed by atoms with Crippen LogP contribution in [0.2, 0.25) is 5.02 Å². The molecule has 3 aromatic rings. The normalized spacial score (nSPS) is 12.7. The number of hydrogen-bond acceptors (Lipinski definition) is 3. The van der Waals surface area contributed by atoms with Gasteiger partial charge in [-0.25, -0.2) is 0 Å². The van der Waals surface area contributed by atoms with E-state index in [4.69, 9.17) is 16.0 Å². The molecular formula is C15H12ClNO2. The summed E-state index contributed by atoms with van der Waals surface area (Å²) in [5, 5.41) is 11.8. The highest BCUT2D eigenvalue weighted by molar-refractivity contribution is 6.35. The molecule has 1 aromatic carbocycles. The Labute approximate surface area is 115 Å². The number of rotatable bonds is 3. The van der Waals surface area contributed by atoms with E-state index in [2.05, 4.69) is 4.98 Å². The predicted molar refractivity (Wildman–Crippen MR) is 74.1 cm³/mol. The van der Waals surface area contributed by atoms with Gasteiger partial charge in [0.1, 0.15) is 5.76 Å². The van der Waals surface area contributed by atoms with E-state index in [0.29, 0.717) is 11.4 Å².